The molecule has 0 bridgehead atoms. The fraction of sp³-hybridized carbons (Fsp3) is 0.205. The molecule has 4 aliphatic rings. The van der Waals surface area contributed by atoms with Gasteiger partial charge in [-0.1, -0.05) is 117 Å². The fourth-order valence-corrected chi connectivity index (χ4v) is 7.69. The zero-order valence-electron chi connectivity index (χ0n) is 27.8. The predicted octanol–water partition coefficient (Wildman–Crippen LogP) is 11.1. The van der Waals surface area contributed by atoms with Crippen LogP contribution in [0.25, 0.3) is 22.4 Å². The molecule has 0 saturated heterocycles. The number of ether oxygens (including phenoxy) is 2. The average Bonchev–Trinajstić information content (AvgIpc) is 3.37. The molecule has 238 valence electrons. The minimum atomic E-state index is -0.0585. The van der Waals surface area contributed by atoms with Crippen LogP contribution < -0.4 is 15.2 Å². The van der Waals surface area contributed by atoms with Crippen molar-refractivity contribution in [2.24, 2.45) is 10.7 Å². The van der Waals surface area contributed by atoms with Gasteiger partial charge in [0.05, 0.1) is 5.71 Å². The Morgan fingerprint density at radius 2 is 1.71 bits per heavy atom. The highest BCUT2D eigenvalue weighted by Gasteiger charge is 2.41. The second-order valence-electron chi connectivity index (χ2n) is 13.4. The minimum absolute atomic E-state index is 0.0585. The fourth-order valence-electron chi connectivity index (χ4n) is 7.69. The molecule has 1 unspecified atom stereocenters. The molecule has 4 aromatic carbocycles. The summed E-state index contributed by atoms with van der Waals surface area (Å²) in [6.07, 6.45) is 18.4. The Labute approximate surface area is 283 Å². The highest BCUT2D eigenvalue weighted by atomic mass is 16.6. The van der Waals surface area contributed by atoms with Crippen molar-refractivity contribution in [3.8, 4) is 34.1 Å². The highest BCUT2D eigenvalue weighted by Crippen LogP contribution is 2.59. The molecule has 0 fully saturated rings. The number of rotatable bonds is 6. The van der Waals surface area contributed by atoms with Crippen molar-refractivity contribution < 1.29 is 9.47 Å². The molecule has 0 saturated carbocycles. The van der Waals surface area contributed by atoms with Crippen molar-refractivity contribution in [3.05, 3.63) is 155 Å². The van der Waals surface area contributed by atoms with Gasteiger partial charge in [0.1, 0.15) is 0 Å². The highest BCUT2D eigenvalue weighted by molar-refractivity contribution is 6.13. The number of nitrogens with zero attached hydrogens (tertiary/aromatic N) is 1. The third-order valence-electron chi connectivity index (χ3n) is 10.1. The molecule has 3 aliphatic carbocycles. The summed E-state index contributed by atoms with van der Waals surface area (Å²) >= 11 is 0. The lowest BCUT2D eigenvalue weighted by Gasteiger charge is -2.27. The Morgan fingerprint density at radius 1 is 0.896 bits per heavy atom. The Kier molecular flexibility index (Phi) is 7.52. The van der Waals surface area contributed by atoms with E-state index in [9.17, 15) is 0 Å². The van der Waals surface area contributed by atoms with Crippen LogP contribution in [0.1, 0.15) is 73.8 Å². The van der Waals surface area contributed by atoms with E-state index < -0.39 is 0 Å². The van der Waals surface area contributed by atoms with Gasteiger partial charge < -0.3 is 15.2 Å². The van der Waals surface area contributed by atoms with Crippen LogP contribution in [0, 0.1) is 0 Å². The molecule has 48 heavy (non-hydrogen) atoms. The first-order chi connectivity index (χ1) is 23.4. The molecule has 1 heterocycles. The van der Waals surface area contributed by atoms with E-state index in [0.717, 1.165) is 70.2 Å². The lowest BCUT2D eigenvalue weighted by Crippen LogP contribution is -2.16. The van der Waals surface area contributed by atoms with Crippen molar-refractivity contribution in [1.29, 1.82) is 0 Å². The molecule has 0 spiro atoms. The van der Waals surface area contributed by atoms with Gasteiger partial charge in [0.25, 0.3) is 0 Å². The summed E-state index contributed by atoms with van der Waals surface area (Å²) in [7, 11) is 0. The maximum atomic E-state index is 6.76. The lowest BCUT2D eigenvalue weighted by molar-refractivity contribution is 0.359. The van der Waals surface area contributed by atoms with Gasteiger partial charge in [-0.2, -0.15) is 0 Å². The van der Waals surface area contributed by atoms with Gasteiger partial charge in [-0.25, -0.2) is 0 Å². The smallest absolute Gasteiger partial charge is 0.177 e. The molecule has 4 nitrogen and oxygen atoms in total. The zero-order chi connectivity index (χ0) is 32.8. The molecule has 1 aliphatic heterocycles. The molecule has 0 radical (unpaired) electrons. The Bertz CT molecular complexity index is 2120. The maximum absolute atomic E-state index is 6.76. The Hall–Kier alpha value is -5.35. The monoisotopic (exact) mass is 628 g/mol. The number of hydrogen-bond acceptors (Lipinski definition) is 4. The second kappa shape index (κ2) is 12.0. The molecule has 1 atom stereocenters. The van der Waals surface area contributed by atoms with Gasteiger partial charge in [0.15, 0.2) is 23.0 Å². The summed E-state index contributed by atoms with van der Waals surface area (Å²) in [5, 5.41) is 0. The number of para-hydroxylation sites is 1. The zero-order valence-corrected chi connectivity index (χ0v) is 27.8. The second-order valence-corrected chi connectivity index (χ2v) is 13.4. The van der Waals surface area contributed by atoms with Crippen molar-refractivity contribution in [2.45, 2.75) is 51.4 Å². The van der Waals surface area contributed by atoms with E-state index in [-0.39, 0.29) is 5.41 Å². The number of allylic oxidation sites excluding steroid dienone is 9. The van der Waals surface area contributed by atoms with Crippen molar-refractivity contribution in [3.63, 3.8) is 0 Å². The molecule has 4 aromatic rings. The first kappa shape index (κ1) is 30.0. The number of benzene rings is 4. The maximum Gasteiger partial charge on any atom is 0.177 e. The van der Waals surface area contributed by atoms with Crippen LogP contribution in [-0.4, -0.2) is 12.3 Å². The largest absolute Gasteiger partial charge is 0.449 e. The van der Waals surface area contributed by atoms with E-state index in [0.29, 0.717) is 18.2 Å². The third kappa shape index (κ3) is 5.04. The summed E-state index contributed by atoms with van der Waals surface area (Å²) in [6.45, 7) is 7.35. The van der Waals surface area contributed by atoms with Gasteiger partial charge >= 0.3 is 0 Å². The number of fused-ring (bicyclic) bond motifs is 5. The van der Waals surface area contributed by atoms with Crippen LogP contribution in [0.4, 0.5) is 0 Å². The van der Waals surface area contributed by atoms with E-state index >= 15 is 0 Å². The SMILES string of the molecule is CCN=C(/C=C(\N)c1ccc(-c2cccc3c2Oc2ccc4c(c2O3)C2=C(C=CCC2)C4(C)C)cc1)c1ccccc1C1C=CC=CC1. The summed E-state index contributed by atoms with van der Waals surface area (Å²) < 4.78 is 13.4. The molecule has 0 amide bonds. The Balaban J connectivity index is 1.09. The summed E-state index contributed by atoms with van der Waals surface area (Å²) in [5.41, 5.74) is 18.9. The van der Waals surface area contributed by atoms with E-state index in [1.54, 1.807) is 0 Å². The van der Waals surface area contributed by atoms with Crippen LogP contribution in [0.3, 0.4) is 0 Å². The van der Waals surface area contributed by atoms with Gasteiger partial charge in [0, 0.05) is 40.3 Å². The van der Waals surface area contributed by atoms with Gasteiger partial charge in [-0.15, -0.1) is 0 Å². The quantitative estimate of drug-likeness (QED) is 0.190. The van der Waals surface area contributed by atoms with Crippen LogP contribution in [0.5, 0.6) is 23.0 Å². The van der Waals surface area contributed by atoms with Gasteiger partial charge in [-0.3, -0.25) is 4.99 Å². The van der Waals surface area contributed by atoms with Crippen LogP contribution in [0.2, 0.25) is 0 Å². The summed E-state index contributed by atoms with van der Waals surface area (Å²) in [4.78, 5) is 4.88. The van der Waals surface area contributed by atoms with Crippen LogP contribution in [-0.2, 0) is 5.41 Å². The molecule has 8 rings (SSSR count). The molecule has 0 aromatic heterocycles. The van der Waals surface area contributed by atoms with Crippen LogP contribution >= 0.6 is 0 Å². The first-order valence-electron chi connectivity index (χ1n) is 17.1. The molecule has 2 N–H and O–H groups in total. The minimum Gasteiger partial charge on any atom is -0.449 e. The normalized spacial score (nSPS) is 18.9. The summed E-state index contributed by atoms with van der Waals surface area (Å²) in [5.74, 6) is 3.39. The standard InChI is InChI=1S/C44H40N2O2/c1-4-46-38(33-16-9-8-15-31(33)28-13-6-5-7-14-28)27-37(45)30-23-21-29(22-24-30)32-18-12-20-39-42(32)47-40-26-25-36-41(43(40)48-39)34-17-10-11-19-35(34)44(36,2)3/h5-9,11-13,15-16,18-28H,4,10,14,17,45H2,1-3H3/b37-27-,46-38?. The van der Waals surface area contributed by atoms with Crippen molar-refractivity contribution in [1.82, 2.24) is 0 Å². The number of nitrogens with two attached hydrogens (primary N) is 1. The van der Waals surface area contributed by atoms with Crippen molar-refractivity contribution in [2.75, 3.05) is 6.54 Å². The number of aliphatic imine (C=N–C) groups is 1. The van der Waals surface area contributed by atoms with E-state index in [4.69, 9.17) is 20.2 Å². The average molecular weight is 629 g/mol. The van der Waals surface area contributed by atoms with E-state index in [1.807, 2.05) is 18.2 Å². The van der Waals surface area contributed by atoms with E-state index in [2.05, 4.69) is 124 Å². The molecular formula is C44H40N2O2. The molecule has 4 heteroatoms. The molecular weight excluding hydrogens is 588 g/mol. The van der Waals surface area contributed by atoms with Crippen molar-refractivity contribution >= 4 is 17.0 Å². The third-order valence-corrected chi connectivity index (χ3v) is 10.1. The summed E-state index contributed by atoms with van der Waals surface area (Å²) in [6, 6.07) is 27.3. The lowest BCUT2D eigenvalue weighted by atomic mass is 9.80. The van der Waals surface area contributed by atoms with Crippen LogP contribution in [0.15, 0.2) is 132 Å². The topological polar surface area (TPSA) is 56.8 Å². The van der Waals surface area contributed by atoms with Gasteiger partial charge in [-0.05, 0) is 77.8 Å². The Morgan fingerprint density at radius 3 is 2.52 bits per heavy atom. The first-order valence-corrected chi connectivity index (χ1v) is 17.1. The number of hydrogen-bond donors (Lipinski definition) is 1. The predicted molar refractivity (Wildman–Crippen MR) is 198 cm³/mol. The van der Waals surface area contributed by atoms with E-state index in [1.165, 1.54) is 27.8 Å². The van der Waals surface area contributed by atoms with Gasteiger partial charge in [0.2, 0.25) is 0 Å².